The van der Waals surface area contributed by atoms with Crippen molar-refractivity contribution in [3.8, 4) is 6.07 Å². The number of nitrogens with zero attached hydrogens (tertiary/aromatic N) is 1. The molecule has 0 unspecified atom stereocenters. The molecule has 4 nitrogen and oxygen atoms in total. The first kappa shape index (κ1) is 14.8. The van der Waals surface area contributed by atoms with Crippen molar-refractivity contribution in [2.24, 2.45) is 0 Å². The summed E-state index contributed by atoms with van der Waals surface area (Å²) in [5, 5.41) is 14.5. The molecule has 2 N–H and O–H groups in total. The van der Waals surface area contributed by atoms with Crippen LogP contribution in [0, 0.1) is 24.1 Å². The molecule has 0 aliphatic rings. The number of nitrogens with one attached hydrogen (secondary N) is 2. The molecule has 2 aromatic rings. The topological polar surface area (TPSA) is 64.9 Å². The van der Waals surface area contributed by atoms with Gasteiger partial charge in [0, 0.05) is 10.7 Å². The van der Waals surface area contributed by atoms with Crippen LogP contribution in [0.4, 0.5) is 20.6 Å². The van der Waals surface area contributed by atoms with Gasteiger partial charge in [0.05, 0.1) is 11.3 Å². The van der Waals surface area contributed by atoms with E-state index in [2.05, 4.69) is 10.6 Å². The first-order valence-corrected chi connectivity index (χ1v) is 6.41. The van der Waals surface area contributed by atoms with Gasteiger partial charge in [-0.3, -0.25) is 0 Å². The standard InChI is InChI=1S/C15H11ClFN3O/c1-9-2-4-12(7-13(9)16)19-15(21)20-14-5-3-11(17)6-10(14)8-18/h2-7H,1H3,(H2,19,20,21). The molecule has 106 valence electrons. The van der Waals surface area contributed by atoms with Crippen LogP contribution in [0.3, 0.4) is 0 Å². The summed E-state index contributed by atoms with van der Waals surface area (Å²) in [6, 6.07) is 9.92. The lowest BCUT2D eigenvalue weighted by molar-refractivity contribution is 0.262. The van der Waals surface area contributed by atoms with Gasteiger partial charge in [-0.05, 0) is 42.8 Å². The number of amides is 2. The third-order valence-corrected chi connectivity index (χ3v) is 3.19. The third-order valence-electron chi connectivity index (χ3n) is 2.78. The van der Waals surface area contributed by atoms with Gasteiger partial charge in [0.25, 0.3) is 0 Å². The Bertz CT molecular complexity index is 740. The summed E-state index contributed by atoms with van der Waals surface area (Å²) >= 11 is 5.97. The van der Waals surface area contributed by atoms with E-state index in [0.717, 1.165) is 11.6 Å². The summed E-state index contributed by atoms with van der Waals surface area (Å²) in [6.45, 7) is 1.85. The summed E-state index contributed by atoms with van der Waals surface area (Å²) in [5.74, 6) is -0.539. The smallest absolute Gasteiger partial charge is 0.308 e. The minimum Gasteiger partial charge on any atom is -0.308 e. The molecule has 21 heavy (non-hydrogen) atoms. The Morgan fingerprint density at radius 1 is 1.24 bits per heavy atom. The number of carbonyl (C=O) groups excluding carboxylic acids is 1. The van der Waals surface area contributed by atoms with Gasteiger partial charge in [-0.25, -0.2) is 9.18 Å². The van der Waals surface area contributed by atoms with Crippen LogP contribution < -0.4 is 10.6 Å². The number of rotatable bonds is 2. The Morgan fingerprint density at radius 2 is 2.00 bits per heavy atom. The fourth-order valence-corrected chi connectivity index (χ4v) is 1.85. The van der Waals surface area contributed by atoms with Gasteiger partial charge in [0.2, 0.25) is 0 Å². The van der Waals surface area contributed by atoms with Gasteiger partial charge in [0.15, 0.2) is 0 Å². The highest BCUT2D eigenvalue weighted by atomic mass is 35.5. The van der Waals surface area contributed by atoms with Crippen LogP contribution >= 0.6 is 11.6 Å². The maximum absolute atomic E-state index is 13.0. The van der Waals surface area contributed by atoms with E-state index in [4.69, 9.17) is 16.9 Å². The number of hydrogen-bond acceptors (Lipinski definition) is 2. The van der Waals surface area contributed by atoms with Crippen molar-refractivity contribution >= 4 is 29.0 Å². The number of halogens is 2. The number of carbonyl (C=O) groups is 1. The Balaban J connectivity index is 2.12. The minimum absolute atomic E-state index is 0.0482. The molecule has 0 atom stereocenters. The number of urea groups is 1. The predicted molar refractivity (Wildman–Crippen MR) is 79.9 cm³/mol. The van der Waals surface area contributed by atoms with Gasteiger partial charge in [0.1, 0.15) is 11.9 Å². The quantitative estimate of drug-likeness (QED) is 0.868. The van der Waals surface area contributed by atoms with Crippen molar-refractivity contribution in [2.75, 3.05) is 10.6 Å². The van der Waals surface area contributed by atoms with Crippen LogP contribution in [-0.2, 0) is 0 Å². The number of anilines is 2. The summed E-state index contributed by atoms with van der Waals surface area (Å²) in [4.78, 5) is 11.9. The van der Waals surface area contributed by atoms with E-state index in [9.17, 15) is 9.18 Å². The summed E-state index contributed by atoms with van der Waals surface area (Å²) in [6.07, 6.45) is 0. The molecule has 0 heterocycles. The van der Waals surface area contributed by atoms with E-state index >= 15 is 0 Å². The lowest BCUT2D eigenvalue weighted by atomic mass is 10.2. The largest absolute Gasteiger partial charge is 0.323 e. The zero-order valence-corrected chi connectivity index (χ0v) is 11.8. The second-order valence-electron chi connectivity index (χ2n) is 4.34. The number of nitriles is 1. The predicted octanol–water partition coefficient (Wildman–Crippen LogP) is 4.30. The molecule has 0 saturated carbocycles. The number of hydrogen-bond donors (Lipinski definition) is 2. The molecule has 0 aliphatic carbocycles. The molecule has 2 aromatic carbocycles. The molecule has 0 aliphatic heterocycles. The van der Waals surface area contributed by atoms with Gasteiger partial charge >= 0.3 is 6.03 Å². The van der Waals surface area contributed by atoms with Crippen LogP contribution in [-0.4, -0.2) is 6.03 Å². The SMILES string of the molecule is Cc1ccc(NC(=O)Nc2ccc(F)cc2C#N)cc1Cl. The van der Waals surface area contributed by atoms with Gasteiger partial charge < -0.3 is 10.6 Å². The molecule has 2 rings (SSSR count). The van der Waals surface area contributed by atoms with E-state index in [0.29, 0.717) is 10.7 Å². The maximum atomic E-state index is 13.0. The average molecular weight is 304 g/mol. The van der Waals surface area contributed by atoms with Crippen molar-refractivity contribution in [3.05, 3.63) is 58.4 Å². The van der Waals surface area contributed by atoms with Crippen LogP contribution in [0.5, 0.6) is 0 Å². The fourth-order valence-electron chi connectivity index (χ4n) is 1.67. The minimum atomic E-state index is -0.543. The van der Waals surface area contributed by atoms with E-state index in [1.54, 1.807) is 18.2 Å². The molecule has 0 saturated heterocycles. The first-order chi connectivity index (χ1) is 9.99. The highest BCUT2D eigenvalue weighted by molar-refractivity contribution is 6.31. The van der Waals surface area contributed by atoms with Crippen LogP contribution in [0.2, 0.25) is 5.02 Å². The molecule has 0 fully saturated rings. The Labute approximate surface area is 126 Å². The Morgan fingerprint density at radius 3 is 2.67 bits per heavy atom. The van der Waals surface area contributed by atoms with E-state index in [1.807, 2.05) is 13.0 Å². The zero-order chi connectivity index (χ0) is 15.4. The maximum Gasteiger partial charge on any atom is 0.323 e. The van der Waals surface area contributed by atoms with Crippen LogP contribution in [0.25, 0.3) is 0 Å². The molecule has 2 amide bonds. The van der Waals surface area contributed by atoms with E-state index < -0.39 is 11.8 Å². The van der Waals surface area contributed by atoms with Crippen molar-refractivity contribution in [3.63, 3.8) is 0 Å². The van der Waals surface area contributed by atoms with E-state index in [-0.39, 0.29) is 11.3 Å². The highest BCUT2D eigenvalue weighted by Crippen LogP contribution is 2.21. The first-order valence-electron chi connectivity index (χ1n) is 6.03. The molecule has 6 heteroatoms. The second kappa shape index (κ2) is 6.25. The lowest BCUT2D eigenvalue weighted by Crippen LogP contribution is -2.20. The summed E-state index contributed by atoms with van der Waals surface area (Å²) in [5.41, 5.74) is 1.69. The number of aryl methyl sites for hydroxylation is 1. The normalized spacial score (nSPS) is 9.81. The number of benzene rings is 2. The molecule has 0 radical (unpaired) electrons. The van der Waals surface area contributed by atoms with Crippen molar-refractivity contribution in [1.82, 2.24) is 0 Å². The molecule has 0 bridgehead atoms. The molecule has 0 spiro atoms. The van der Waals surface area contributed by atoms with Gasteiger partial charge in [-0.2, -0.15) is 5.26 Å². The van der Waals surface area contributed by atoms with Gasteiger partial charge in [-0.1, -0.05) is 17.7 Å². The second-order valence-corrected chi connectivity index (χ2v) is 4.75. The van der Waals surface area contributed by atoms with Crippen LogP contribution in [0.1, 0.15) is 11.1 Å². The molecule has 0 aromatic heterocycles. The van der Waals surface area contributed by atoms with Crippen molar-refractivity contribution in [2.45, 2.75) is 6.92 Å². The molecular formula is C15H11ClFN3O. The lowest BCUT2D eigenvalue weighted by Gasteiger charge is -2.09. The zero-order valence-electron chi connectivity index (χ0n) is 11.1. The third kappa shape index (κ3) is 3.71. The summed E-state index contributed by atoms with van der Waals surface area (Å²) in [7, 11) is 0. The van der Waals surface area contributed by atoms with Crippen LogP contribution in [0.15, 0.2) is 36.4 Å². The summed E-state index contributed by atoms with van der Waals surface area (Å²) < 4.78 is 13.0. The highest BCUT2D eigenvalue weighted by Gasteiger charge is 2.08. The fraction of sp³-hybridized carbons (Fsp3) is 0.0667. The van der Waals surface area contributed by atoms with Gasteiger partial charge in [-0.15, -0.1) is 0 Å². The van der Waals surface area contributed by atoms with E-state index in [1.165, 1.54) is 12.1 Å². The Hall–Kier alpha value is -2.58. The Kier molecular flexibility index (Phi) is 4.41. The molecular weight excluding hydrogens is 293 g/mol. The van der Waals surface area contributed by atoms with Crippen molar-refractivity contribution in [1.29, 1.82) is 5.26 Å². The monoisotopic (exact) mass is 303 g/mol. The average Bonchev–Trinajstić information content (AvgIpc) is 2.44. The van der Waals surface area contributed by atoms with Crippen molar-refractivity contribution < 1.29 is 9.18 Å².